The van der Waals surface area contributed by atoms with Gasteiger partial charge in [0.15, 0.2) is 0 Å². The first-order valence-corrected chi connectivity index (χ1v) is 9.03. The molecule has 4 aliphatic carbocycles. The van der Waals surface area contributed by atoms with Gasteiger partial charge in [-0.15, -0.1) is 0 Å². The third kappa shape index (κ3) is 2.69. The van der Waals surface area contributed by atoms with E-state index in [1.54, 1.807) is 12.1 Å². The van der Waals surface area contributed by atoms with E-state index in [2.05, 4.69) is 17.5 Å². The van der Waals surface area contributed by atoms with Crippen molar-refractivity contribution in [2.45, 2.75) is 45.4 Å². The zero-order valence-electron chi connectivity index (χ0n) is 13.5. The summed E-state index contributed by atoms with van der Waals surface area (Å²) in [5, 5.41) is 4.96. The number of amides is 1. The highest BCUT2D eigenvalue weighted by molar-refractivity contribution is 6.33. The number of hydrogen-bond donors (Lipinski definition) is 1. The molecule has 1 N–H and O–H groups in total. The zero-order valence-corrected chi connectivity index (χ0v) is 14.3. The van der Waals surface area contributed by atoms with Crippen molar-refractivity contribution in [3.63, 3.8) is 0 Å². The first-order valence-electron chi connectivity index (χ1n) is 8.65. The fourth-order valence-corrected chi connectivity index (χ4v) is 5.73. The largest absolute Gasteiger partial charge is 0.272 e. The van der Waals surface area contributed by atoms with Crippen molar-refractivity contribution < 1.29 is 4.79 Å². The zero-order chi connectivity index (χ0) is 16.0. The fraction of sp³-hybridized carbons (Fsp3) is 0.579. The molecule has 0 unspecified atom stereocenters. The standard InChI is InChI=1S/C19H23ClN2O/c1-12(21-22-18(23)16-4-2-3-5-17(16)20)19-9-13-6-14(10-19)8-15(7-13)11-19/h2-5,13-15H,6-11H2,1H3,(H,22,23)/b21-12-. The van der Waals surface area contributed by atoms with Crippen LogP contribution in [0.1, 0.15) is 55.8 Å². The number of nitrogens with zero attached hydrogens (tertiary/aromatic N) is 1. The van der Waals surface area contributed by atoms with Gasteiger partial charge >= 0.3 is 0 Å². The number of hydrazone groups is 1. The van der Waals surface area contributed by atoms with Gasteiger partial charge in [0.1, 0.15) is 0 Å². The van der Waals surface area contributed by atoms with E-state index in [1.165, 1.54) is 38.5 Å². The Bertz CT molecular complexity index is 632. The molecule has 4 saturated carbocycles. The number of carbonyl (C=O) groups is 1. The van der Waals surface area contributed by atoms with Crippen molar-refractivity contribution in [3.8, 4) is 0 Å². The Morgan fingerprint density at radius 1 is 1.13 bits per heavy atom. The van der Waals surface area contributed by atoms with E-state index in [1.807, 2.05) is 12.1 Å². The first kappa shape index (κ1) is 15.2. The topological polar surface area (TPSA) is 41.5 Å². The van der Waals surface area contributed by atoms with Crippen molar-refractivity contribution in [2.24, 2.45) is 28.3 Å². The summed E-state index contributed by atoms with van der Waals surface area (Å²) in [5.41, 5.74) is 4.56. The molecule has 122 valence electrons. The Hall–Kier alpha value is -1.35. The van der Waals surface area contributed by atoms with E-state index >= 15 is 0 Å². The van der Waals surface area contributed by atoms with Crippen molar-refractivity contribution >= 4 is 23.2 Å². The van der Waals surface area contributed by atoms with E-state index in [0.717, 1.165) is 23.5 Å². The van der Waals surface area contributed by atoms with Crippen LogP contribution >= 0.6 is 11.6 Å². The molecule has 0 radical (unpaired) electrons. The Morgan fingerprint density at radius 2 is 1.70 bits per heavy atom. The normalized spacial score (nSPS) is 35.4. The van der Waals surface area contributed by atoms with Crippen LogP contribution < -0.4 is 5.43 Å². The number of halogens is 1. The maximum Gasteiger partial charge on any atom is 0.272 e. The van der Waals surface area contributed by atoms with E-state index in [9.17, 15) is 4.79 Å². The molecule has 4 fully saturated rings. The van der Waals surface area contributed by atoms with Gasteiger partial charge in [-0.05, 0) is 75.3 Å². The summed E-state index contributed by atoms with van der Waals surface area (Å²) in [7, 11) is 0. The summed E-state index contributed by atoms with van der Waals surface area (Å²) in [6.07, 6.45) is 8.03. The van der Waals surface area contributed by atoms with Gasteiger partial charge in [0, 0.05) is 11.1 Å². The summed E-state index contributed by atoms with van der Waals surface area (Å²) in [4.78, 5) is 12.3. The Labute approximate surface area is 142 Å². The van der Waals surface area contributed by atoms with Crippen LogP contribution in [0.4, 0.5) is 0 Å². The fourth-order valence-electron chi connectivity index (χ4n) is 5.51. The second kappa shape index (κ2) is 5.62. The lowest BCUT2D eigenvalue weighted by molar-refractivity contribution is -0.0128. The molecule has 1 aromatic rings. The summed E-state index contributed by atoms with van der Waals surface area (Å²) < 4.78 is 0. The molecule has 0 spiro atoms. The quantitative estimate of drug-likeness (QED) is 0.635. The van der Waals surface area contributed by atoms with Crippen LogP contribution in [-0.4, -0.2) is 11.6 Å². The predicted molar refractivity (Wildman–Crippen MR) is 92.6 cm³/mol. The second-order valence-corrected chi connectivity index (χ2v) is 8.22. The maximum atomic E-state index is 12.3. The van der Waals surface area contributed by atoms with Gasteiger partial charge in [-0.3, -0.25) is 4.79 Å². The lowest BCUT2D eigenvalue weighted by Gasteiger charge is -2.56. The third-order valence-corrected chi connectivity index (χ3v) is 6.58. The molecule has 23 heavy (non-hydrogen) atoms. The number of nitrogens with one attached hydrogen (secondary N) is 1. The molecule has 0 saturated heterocycles. The minimum Gasteiger partial charge on any atom is -0.267 e. The molecule has 0 heterocycles. The lowest BCUT2D eigenvalue weighted by atomic mass is 9.48. The number of carbonyl (C=O) groups excluding carboxylic acids is 1. The molecule has 0 aromatic heterocycles. The van der Waals surface area contributed by atoms with Crippen LogP contribution in [0.15, 0.2) is 29.4 Å². The van der Waals surface area contributed by atoms with Crippen molar-refractivity contribution in [1.29, 1.82) is 0 Å². The Balaban J connectivity index is 1.51. The van der Waals surface area contributed by atoms with E-state index < -0.39 is 0 Å². The van der Waals surface area contributed by atoms with Crippen LogP contribution in [0, 0.1) is 23.2 Å². The van der Waals surface area contributed by atoms with Gasteiger partial charge in [0.2, 0.25) is 0 Å². The van der Waals surface area contributed by atoms with Gasteiger partial charge in [-0.2, -0.15) is 5.10 Å². The third-order valence-electron chi connectivity index (χ3n) is 6.25. The van der Waals surface area contributed by atoms with Crippen LogP contribution in [0.3, 0.4) is 0 Å². The van der Waals surface area contributed by atoms with E-state index in [4.69, 9.17) is 11.6 Å². The minimum atomic E-state index is -0.223. The van der Waals surface area contributed by atoms with Crippen molar-refractivity contribution in [2.75, 3.05) is 0 Å². The highest BCUT2D eigenvalue weighted by Gasteiger charge is 2.52. The first-order chi connectivity index (χ1) is 11.1. The van der Waals surface area contributed by atoms with Crippen LogP contribution in [0.2, 0.25) is 5.02 Å². The highest BCUT2D eigenvalue weighted by atomic mass is 35.5. The molecule has 4 aliphatic rings. The molecule has 1 amide bonds. The molecule has 5 rings (SSSR count). The second-order valence-electron chi connectivity index (χ2n) is 7.82. The monoisotopic (exact) mass is 330 g/mol. The molecule has 4 heteroatoms. The summed E-state index contributed by atoms with van der Waals surface area (Å²) in [5.74, 6) is 2.42. The number of rotatable bonds is 3. The van der Waals surface area contributed by atoms with Gasteiger partial charge in [0.05, 0.1) is 10.6 Å². The summed E-state index contributed by atoms with van der Waals surface area (Å²) in [6, 6.07) is 7.10. The van der Waals surface area contributed by atoms with Crippen molar-refractivity contribution in [1.82, 2.24) is 5.43 Å². The number of benzene rings is 1. The van der Waals surface area contributed by atoms with Crippen molar-refractivity contribution in [3.05, 3.63) is 34.9 Å². The number of hydrogen-bond acceptors (Lipinski definition) is 2. The molecule has 1 aromatic carbocycles. The molecular formula is C19H23ClN2O. The molecule has 4 bridgehead atoms. The maximum absolute atomic E-state index is 12.3. The SMILES string of the molecule is C/C(=N/NC(=O)c1ccccc1Cl)C12CC3CC(CC(C3)C1)C2. The summed E-state index contributed by atoms with van der Waals surface area (Å²) in [6.45, 7) is 2.10. The average molecular weight is 331 g/mol. The molecule has 0 atom stereocenters. The molecule has 0 aliphatic heterocycles. The minimum absolute atomic E-state index is 0.223. The van der Waals surface area contributed by atoms with Gasteiger partial charge < -0.3 is 0 Å². The van der Waals surface area contributed by atoms with E-state index in [-0.39, 0.29) is 11.3 Å². The Kier molecular flexibility index (Phi) is 3.72. The predicted octanol–water partition coefficient (Wildman–Crippen LogP) is 4.66. The molecular weight excluding hydrogens is 308 g/mol. The van der Waals surface area contributed by atoms with Gasteiger partial charge in [-0.25, -0.2) is 5.43 Å². The lowest BCUT2D eigenvalue weighted by Crippen LogP contribution is -2.49. The van der Waals surface area contributed by atoms with Crippen LogP contribution in [0.25, 0.3) is 0 Å². The Morgan fingerprint density at radius 3 is 2.26 bits per heavy atom. The smallest absolute Gasteiger partial charge is 0.267 e. The highest BCUT2D eigenvalue weighted by Crippen LogP contribution is 2.60. The molecule has 3 nitrogen and oxygen atoms in total. The van der Waals surface area contributed by atoms with Crippen LogP contribution in [0.5, 0.6) is 0 Å². The summed E-state index contributed by atoms with van der Waals surface area (Å²) >= 11 is 6.08. The van der Waals surface area contributed by atoms with E-state index in [0.29, 0.717) is 10.6 Å². The van der Waals surface area contributed by atoms with Crippen LogP contribution in [-0.2, 0) is 0 Å². The van der Waals surface area contributed by atoms with Gasteiger partial charge in [0.25, 0.3) is 5.91 Å². The van der Waals surface area contributed by atoms with Gasteiger partial charge in [-0.1, -0.05) is 23.7 Å². The average Bonchev–Trinajstić information content (AvgIpc) is 2.51.